The number of esters is 4. The molecule has 2 N–H and O–H groups in total. The van der Waals surface area contributed by atoms with E-state index in [-0.39, 0.29) is 0 Å². The minimum Gasteiger partial charge on any atom is -0.465 e. The third-order valence-electron chi connectivity index (χ3n) is 15.6. The van der Waals surface area contributed by atoms with Crippen LogP contribution >= 0.6 is 46.4 Å². The molecule has 4 unspecified atom stereocenters. The molecule has 426 valence electrons. The Hall–Kier alpha value is -9.58. The van der Waals surface area contributed by atoms with Crippen molar-refractivity contribution in [3.63, 3.8) is 0 Å². The topological polar surface area (TPSA) is 206 Å². The highest BCUT2D eigenvalue weighted by atomic mass is 35.5. The Bertz CT molecular complexity index is 4230. The van der Waals surface area contributed by atoms with Gasteiger partial charge in [-0.25, -0.2) is 19.2 Å². The number of nitrogens with one attached hydrogen (secondary N) is 2. The highest BCUT2D eigenvalue weighted by Crippen LogP contribution is 2.55. The number of methoxy groups -OCH3 is 4. The molecule has 0 spiro atoms. The maximum atomic E-state index is 13.0. The number of ether oxygens (including phenoxy) is 4. The van der Waals surface area contributed by atoms with Gasteiger partial charge in [-0.2, -0.15) is 0 Å². The summed E-state index contributed by atoms with van der Waals surface area (Å²) in [5, 5.41) is 10.9. The average Bonchev–Trinajstić information content (AvgIpc) is 1.71. The van der Waals surface area contributed by atoms with Crippen molar-refractivity contribution in [2.45, 2.75) is 24.0 Å². The SMILES string of the molecule is COC(=O)c1ccc(-c2c3nc(c(-c4ccc(C(=O)OC)cc4)c4ccc([nH]4)c(-c4ccc(C(=O)OC)cc4)c4nc(c(-c5ccc(C(=O)OC)cc5)c5ccc2[nH]5)C2C(c5c(Cl)cccc5Cl)=NOC42)C2C(c4c(Cl)cccc4Cl)=NOC32)cc1. The van der Waals surface area contributed by atoms with Crippen LogP contribution in [-0.4, -0.2) is 83.7 Å². The van der Waals surface area contributed by atoms with Crippen molar-refractivity contribution < 1.29 is 47.8 Å². The molecule has 16 nitrogen and oxygen atoms in total. The summed E-state index contributed by atoms with van der Waals surface area (Å²) < 4.78 is 20.5. The van der Waals surface area contributed by atoms with Gasteiger partial charge in [-0.05, 0) is 119 Å². The Kier molecular flexibility index (Phi) is 14.5. The van der Waals surface area contributed by atoms with E-state index in [2.05, 4.69) is 9.97 Å². The van der Waals surface area contributed by atoms with E-state index in [1.165, 1.54) is 28.4 Å². The van der Waals surface area contributed by atoms with Gasteiger partial charge in [-0.1, -0.05) is 117 Å². The number of benzene rings is 6. The molecule has 4 aliphatic rings. The van der Waals surface area contributed by atoms with Crippen molar-refractivity contribution in [1.82, 2.24) is 19.9 Å². The largest absolute Gasteiger partial charge is 0.465 e. The molecule has 0 amide bonds. The first-order valence-corrected chi connectivity index (χ1v) is 28.2. The number of fused-ring (bicyclic) bond motifs is 14. The maximum Gasteiger partial charge on any atom is 0.337 e. The molecule has 0 saturated heterocycles. The van der Waals surface area contributed by atoms with E-state index in [0.29, 0.717) is 154 Å². The van der Waals surface area contributed by atoms with Gasteiger partial charge in [0.05, 0.1) is 105 Å². The summed E-state index contributed by atoms with van der Waals surface area (Å²) in [7, 11) is 5.26. The Labute approximate surface area is 509 Å². The second kappa shape index (κ2) is 22.4. The molecule has 0 radical (unpaired) electrons. The minimum absolute atomic E-state index is 0.303. The Morgan fingerprint density at radius 1 is 0.360 bits per heavy atom. The predicted octanol–water partition coefficient (Wildman–Crippen LogP) is 15.3. The fourth-order valence-corrected chi connectivity index (χ4v) is 12.8. The molecule has 9 aromatic rings. The molecule has 13 rings (SSSR count). The number of halogens is 4. The normalized spacial score (nSPS) is 16.4. The van der Waals surface area contributed by atoms with E-state index in [0.717, 1.165) is 0 Å². The van der Waals surface area contributed by atoms with Crippen LogP contribution in [0.4, 0.5) is 0 Å². The first-order chi connectivity index (χ1) is 41.8. The Morgan fingerprint density at radius 2 is 0.616 bits per heavy atom. The lowest BCUT2D eigenvalue weighted by Crippen LogP contribution is -2.14. The van der Waals surface area contributed by atoms with Crippen LogP contribution in [0.5, 0.6) is 0 Å². The number of carbonyl (C=O) groups is 4. The monoisotopic (exact) mass is 1220 g/mol. The highest BCUT2D eigenvalue weighted by molar-refractivity contribution is 6.41. The number of H-pyrrole nitrogens is 2. The maximum absolute atomic E-state index is 13.0. The van der Waals surface area contributed by atoms with Gasteiger partial charge in [0.2, 0.25) is 0 Å². The number of nitrogens with zero attached hydrogens (tertiary/aromatic N) is 4. The predicted molar refractivity (Wildman–Crippen MR) is 327 cm³/mol. The van der Waals surface area contributed by atoms with Gasteiger partial charge >= 0.3 is 23.9 Å². The molecule has 20 heteroatoms. The lowest BCUT2D eigenvalue weighted by molar-refractivity contribution is 0.0592. The van der Waals surface area contributed by atoms with Gasteiger partial charge in [-0.3, -0.25) is 9.97 Å². The molecule has 86 heavy (non-hydrogen) atoms. The number of carbonyl (C=O) groups excluding carboxylic acids is 4. The van der Waals surface area contributed by atoms with Crippen LogP contribution < -0.4 is 0 Å². The number of oxime groups is 2. The molecule has 4 atom stereocenters. The van der Waals surface area contributed by atoms with Gasteiger partial charge in [-0.15, -0.1) is 0 Å². The average molecular weight is 1220 g/mol. The van der Waals surface area contributed by atoms with Crippen molar-refractivity contribution >= 4 is 104 Å². The van der Waals surface area contributed by atoms with Crippen molar-refractivity contribution in [2.24, 2.45) is 10.3 Å². The molecule has 0 saturated carbocycles. The van der Waals surface area contributed by atoms with Crippen molar-refractivity contribution in [1.29, 1.82) is 0 Å². The zero-order valence-corrected chi connectivity index (χ0v) is 48.7. The van der Waals surface area contributed by atoms with E-state index in [1.807, 2.05) is 48.5 Å². The van der Waals surface area contributed by atoms with E-state index < -0.39 is 47.9 Å². The summed E-state index contributed by atoms with van der Waals surface area (Å²) in [5.41, 5.74) is 11.6. The highest BCUT2D eigenvalue weighted by Gasteiger charge is 2.49. The lowest BCUT2D eigenvalue weighted by atomic mass is 9.85. The van der Waals surface area contributed by atoms with Crippen LogP contribution in [0.1, 0.15) is 99.4 Å². The molecule has 4 aliphatic heterocycles. The van der Waals surface area contributed by atoms with Crippen LogP contribution in [0, 0.1) is 0 Å². The quantitative estimate of drug-likeness (QED) is 0.0969. The smallest absolute Gasteiger partial charge is 0.337 e. The molecule has 6 aromatic carbocycles. The minimum atomic E-state index is -0.944. The van der Waals surface area contributed by atoms with Crippen molar-refractivity contribution in [3.8, 4) is 44.5 Å². The fraction of sp³-hybridized carbons (Fsp3) is 0.121. The first kappa shape index (κ1) is 55.6. The van der Waals surface area contributed by atoms with E-state index in [4.69, 9.17) is 95.3 Å². The number of hydrogen-bond donors (Lipinski definition) is 2. The molecule has 8 bridgehead atoms. The molecule has 3 aromatic heterocycles. The lowest BCUT2D eigenvalue weighted by Gasteiger charge is -2.17. The van der Waals surface area contributed by atoms with Crippen molar-refractivity contribution in [3.05, 3.63) is 234 Å². The molecular formula is C66H44Cl4N6O10. The van der Waals surface area contributed by atoms with Crippen LogP contribution in [0.2, 0.25) is 20.1 Å². The van der Waals surface area contributed by atoms with Crippen LogP contribution in [0.15, 0.2) is 168 Å². The summed E-state index contributed by atoms with van der Waals surface area (Å²) in [6, 6.07) is 45.8. The van der Waals surface area contributed by atoms with Gasteiger partial charge in [0, 0.05) is 55.4 Å². The summed E-state index contributed by atoms with van der Waals surface area (Å²) in [5.74, 6) is -3.75. The molecule has 0 fully saturated rings. The number of aromatic amines is 2. The second-order valence-electron chi connectivity index (χ2n) is 20.3. The standard InChI is InChI=1S/C66H44Cl4N6O10/c1-81-63(77)35-19-11-31(12-20-35)47-43-27-29-45(71-43)49(33-15-23-37(24-16-33)65(79)83-3)60-62-54(58(76-86-62)52-41(69)9-6-10-42(52)70)56(74-60)48(32-13-21-36(22-14-32)64(78)82-2)44-28-30-46(72-44)50(34-17-25-38(26-18-34)66(80)84-4)59-61-53(55(47)73-59)57(75-85-61)51-39(67)7-5-8-40(51)68/h5-30,53-54,61-62,71-72H,1-4H3. The Morgan fingerprint density at radius 3 is 0.872 bits per heavy atom. The summed E-state index contributed by atoms with van der Waals surface area (Å²) in [6.45, 7) is 0. The van der Waals surface area contributed by atoms with E-state index in [1.54, 1.807) is 109 Å². The second-order valence-corrected chi connectivity index (χ2v) is 21.9. The molecule has 0 aliphatic carbocycles. The fourth-order valence-electron chi connectivity index (χ4n) is 11.6. The molecule has 7 heterocycles. The summed E-state index contributed by atoms with van der Waals surface area (Å²) >= 11 is 28.4. The van der Waals surface area contributed by atoms with Crippen LogP contribution in [-0.2, 0) is 28.6 Å². The molecular weight excluding hydrogens is 1180 g/mol. The van der Waals surface area contributed by atoms with Crippen molar-refractivity contribution in [2.75, 3.05) is 28.4 Å². The van der Waals surface area contributed by atoms with Gasteiger partial charge < -0.3 is 38.6 Å². The van der Waals surface area contributed by atoms with E-state index in [9.17, 15) is 19.2 Å². The third-order valence-corrected chi connectivity index (χ3v) is 16.9. The zero-order valence-electron chi connectivity index (χ0n) is 45.7. The summed E-state index contributed by atoms with van der Waals surface area (Å²) in [4.78, 5) is 84.3. The van der Waals surface area contributed by atoms with Gasteiger partial charge in [0.1, 0.15) is 11.4 Å². The number of hydrogen-bond acceptors (Lipinski definition) is 14. The summed E-state index contributed by atoms with van der Waals surface area (Å²) in [6.07, 6.45) is -1.89. The number of aromatic nitrogens is 4. The third kappa shape index (κ3) is 9.41. The van der Waals surface area contributed by atoms with Crippen LogP contribution in [0.25, 0.3) is 66.6 Å². The number of rotatable bonds is 10. The van der Waals surface area contributed by atoms with Gasteiger partial charge in [0.25, 0.3) is 0 Å². The zero-order chi connectivity index (χ0) is 59.7. The Balaban J connectivity index is 1.23. The van der Waals surface area contributed by atoms with Gasteiger partial charge in [0.15, 0.2) is 12.2 Å². The van der Waals surface area contributed by atoms with E-state index >= 15 is 0 Å². The first-order valence-electron chi connectivity index (χ1n) is 26.7. The van der Waals surface area contributed by atoms with Crippen LogP contribution in [0.3, 0.4) is 0 Å².